The van der Waals surface area contributed by atoms with Crippen LogP contribution in [0.15, 0.2) is 30.3 Å². The van der Waals surface area contributed by atoms with Crippen LogP contribution in [-0.2, 0) is 17.8 Å². The summed E-state index contributed by atoms with van der Waals surface area (Å²) in [7, 11) is 0. The second-order valence-corrected chi connectivity index (χ2v) is 5.98. The highest BCUT2D eigenvalue weighted by atomic mass is 16.6. The van der Waals surface area contributed by atoms with Crippen LogP contribution < -0.4 is 0 Å². The summed E-state index contributed by atoms with van der Waals surface area (Å²) < 4.78 is 5.58. The van der Waals surface area contributed by atoms with Crippen LogP contribution in [0.1, 0.15) is 43.0 Å². The number of carbonyl (C=O) groups is 2. The Morgan fingerprint density at radius 3 is 2.15 bits per heavy atom. The summed E-state index contributed by atoms with van der Waals surface area (Å²) in [4.78, 5) is 33.6. The van der Waals surface area contributed by atoms with Gasteiger partial charge >= 0.3 is 11.9 Å². The van der Waals surface area contributed by atoms with E-state index in [9.17, 15) is 29.9 Å². The molecule has 0 saturated heterocycles. The Morgan fingerprint density at radius 2 is 1.63 bits per heavy atom. The maximum absolute atomic E-state index is 11.6. The number of nitro benzene ring substituents is 1. The zero-order valence-electron chi connectivity index (χ0n) is 14.9. The van der Waals surface area contributed by atoms with Crippen molar-refractivity contribution in [1.82, 2.24) is 0 Å². The highest BCUT2D eigenvalue weighted by Gasteiger charge is 2.33. The Bertz CT molecular complexity index is 850. The van der Waals surface area contributed by atoms with E-state index >= 15 is 0 Å². The lowest BCUT2D eigenvalue weighted by atomic mass is 9.89. The van der Waals surface area contributed by atoms with Crippen molar-refractivity contribution in [3.8, 4) is 0 Å². The minimum atomic E-state index is -1.64. The van der Waals surface area contributed by atoms with Gasteiger partial charge in [-0.3, -0.25) is 10.1 Å². The third-order valence-corrected chi connectivity index (χ3v) is 4.34. The van der Waals surface area contributed by atoms with Crippen molar-refractivity contribution >= 4 is 17.6 Å². The first-order valence-electron chi connectivity index (χ1n) is 8.14. The fourth-order valence-corrected chi connectivity index (χ4v) is 3.09. The highest BCUT2D eigenvalue weighted by Crippen LogP contribution is 2.34. The molecule has 0 bridgehead atoms. The first kappa shape index (κ1) is 20.1. The maximum atomic E-state index is 11.6. The van der Waals surface area contributed by atoms with Crippen LogP contribution >= 0.6 is 0 Å². The Hall–Kier alpha value is -3.26. The zero-order valence-corrected chi connectivity index (χ0v) is 14.9. The molecule has 0 aliphatic rings. The third kappa shape index (κ3) is 4.29. The van der Waals surface area contributed by atoms with E-state index in [1.165, 1.54) is 13.8 Å². The molecule has 0 fully saturated rings. The van der Waals surface area contributed by atoms with Crippen molar-refractivity contribution in [1.29, 1.82) is 0 Å². The number of hydrogen-bond donors (Lipinski definition) is 2. The smallest absolute Gasteiger partial charge is 0.343 e. The molecule has 0 saturated carbocycles. The number of rotatable bonds is 8. The molecule has 0 unspecified atom stereocenters. The van der Waals surface area contributed by atoms with Crippen LogP contribution in [0.3, 0.4) is 0 Å². The average Bonchev–Trinajstić information content (AvgIpc) is 2.60. The molecule has 2 N–H and O–H groups in total. The molecule has 0 amide bonds. The number of nitro groups is 1. The fraction of sp³-hybridized carbons (Fsp3) is 0.263. The summed E-state index contributed by atoms with van der Waals surface area (Å²) in [6.07, 6.45) is 0.228. The van der Waals surface area contributed by atoms with Crippen molar-refractivity contribution in [3.63, 3.8) is 0 Å². The van der Waals surface area contributed by atoms with Gasteiger partial charge in [-0.2, -0.15) is 0 Å². The van der Waals surface area contributed by atoms with Crippen molar-refractivity contribution in [2.45, 2.75) is 26.9 Å². The van der Waals surface area contributed by atoms with Gasteiger partial charge in [-0.25, -0.2) is 9.59 Å². The summed E-state index contributed by atoms with van der Waals surface area (Å²) in [5.41, 5.74) is -0.325. The number of nitrogens with zero attached hydrogens (tertiary/aromatic N) is 1. The monoisotopic (exact) mass is 373 g/mol. The van der Waals surface area contributed by atoms with Crippen LogP contribution in [0.2, 0.25) is 0 Å². The molecule has 2 rings (SSSR count). The van der Waals surface area contributed by atoms with E-state index in [1.54, 1.807) is 0 Å². The Kier molecular flexibility index (Phi) is 6.25. The van der Waals surface area contributed by atoms with Crippen LogP contribution in [0.25, 0.3) is 0 Å². The zero-order chi connectivity index (χ0) is 20.1. The molecule has 0 spiro atoms. The molecule has 0 aliphatic carbocycles. The summed E-state index contributed by atoms with van der Waals surface area (Å²) in [5.74, 6) is -3.16. The van der Waals surface area contributed by atoms with E-state index in [-0.39, 0.29) is 24.2 Å². The molecule has 27 heavy (non-hydrogen) atoms. The number of carboxylic acid groups (broad SMARTS) is 2. The Labute approximate surface area is 155 Å². The molecule has 0 aliphatic heterocycles. The second kappa shape index (κ2) is 8.41. The van der Waals surface area contributed by atoms with Gasteiger partial charge in [0.2, 0.25) is 0 Å². The molecule has 142 valence electrons. The number of benzene rings is 2. The van der Waals surface area contributed by atoms with Gasteiger partial charge in [-0.15, -0.1) is 0 Å². The molecule has 8 heteroatoms. The standard InChI is InChI=1S/C19H19NO7/c1-11-14(8-9-27-10-13-6-4-3-5-7-13)12(2)17(20(25)26)16(19(23)24)15(11)18(21)22/h3-7H,8-10H2,1-2H3,(H,21,22)(H,23,24). The fourth-order valence-electron chi connectivity index (χ4n) is 3.09. The van der Waals surface area contributed by atoms with E-state index in [0.717, 1.165) is 5.56 Å². The Morgan fingerprint density at radius 1 is 1.04 bits per heavy atom. The second-order valence-electron chi connectivity index (χ2n) is 5.98. The lowest BCUT2D eigenvalue weighted by Crippen LogP contribution is -2.17. The molecule has 0 radical (unpaired) electrons. The van der Waals surface area contributed by atoms with Gasteiger partial charge in [0.25, 0.3) is 5.69 Å². The van der Waals surface area contributed by atoms with Gasteiger partial charge in [0.15, 0.2) is 5.56 Å². The first-order valence-corrected chi connectivity index (χ1v) is 8.14. The van der Waals surface area contributed by atoms with Crippen LogP contribution in [-0.4, -0.2) is 33.7 Å². The quantitative estimate of drug-likeness (QED) is 0.412. The van der Waals surface area contributed by atoms with Crippen molar-refractivity contribution in [3.05, 3.63) is 73.8 Å². The number of carboxylic acids is 2. The molecule has 0 atom stereocenters. The molecule has 0 heterocycles. The number of hydrogen-bond acceptors (Lipinski definition) is 5. The van der Waals surface area contributed by atoms with Gasteiger partial charge in [0.1, 0.15) is 0 Å². The van der Waals surface area contributed by atoms with E-state index < -0.39 is 33.7 Å². The molecule has 8 nitrogen and oxygen atoms in total. The topological polar surface area (TPSA) is 127 Å². The minimum absolute atomic E-state index is 0.142. The summed E-state index contributed by atoms with van der Waals surface area (Å²) in [6.45, 7) is 3.44. The summed E-state index contributed by atoms with van der Waals surface area (Å²) >= 11 is 0. The van der Waals surface area contributed by atoms with Gasteiger partial charge < -0.3 is 14.9 Å². The maximum Gasteiger partial charge on any atom is 0.343 e. The van der Waals surface area contributed by atoms with E-state index in [1.807, 2.05) is 30.3 Å². The molecule has 2 aromatic carbocycles. The normalized spacial score (nSPS) is 10.6. The number of aromatic carboxylic acids is 2. The van der Waals surface area contributed by atoms with Gasteiger partial charge in [0, 0.05) is 5.56 Å². The predicted octanol–water partition coefficient (Wildman–Crippen LogP) is 3.37. The molecular formula is C19H19NO7. The SMILES string of the molecule is Cc1c(CCOCc2ccccc2)c(C)c([N+](=O)[O-])c(C(=O)O)c1C(=O)O. The van der Waals surface area contributed by atoms with Gasteiger partial charge in [-0.05, 0) is 37.0 Å². The number of ether oxygens (including phenoxy) is 1. The molecule has 2 aromatic rings. The van der Waals surface area contributed by atoms with Crippen molar-refractivity contribution in [2.24, 2.45) is 0 Å². The van der Waals surface area contributed by atoms with Crippen molar-refractivity contribution < 1.29 is 29.5 Å². The first-order chi connectivity index (χ1) is 12.8. The lowest BCUT2D eigenvalue weighted by molar-refractivity contribution is -0.385. The summed E-state index contributed by atoms with van der Waals surface area (Å²) in [6, 6.07) is 9.42. The van der Waals surface area contributed by atoms with E-state index in [2.05, 4.69) is 0 Å². The molecule has 0 aromatic heterocycles. The summed E-state index contributed by atoms with van der Waals surface area (Å²) in [5, 5.41) is 30.2. The van der Waals surface area contributed by atoms with Crippen LogP contribution in [0.4, 0.5) is 5.69 Å². The predicted molar refractivity (Wildman–Crippen MR) is 96.3 cm³/mol. The molecular weight excluding hydrogens is 354 g/mol. The van der Waals surface area contributed by atoms with Crippen LogP contribution in [0, 0.1) is 24.0 Å². The average molecular weight is 373 g/mol. The third-order valence-electron chi connectivity index (χ3n) is 4.34. The minimum Gasteiger partial charge on any atom is -0.478 e. The Balaban J connectivity index is 2.37. The highest BCUT2D eigenvalue weighted by molar-refractivity contribution is 6.06. The van der Waals surface area contributed by atoms with E-state index in [4.69, 9.17) is 4.74 Å². The van der Waals surface area contributed by atoms with Gasteiger partial charge in [0.05, 0.1) is 23.7 Å². The van der Waals surface area contributed by atoms with Crippen molar-refractivity contribution in [2.75, 3.05) is 6.61 Å². The van der Waals surface area contributed by atoms with E-state index in [0.29, 0.717) is 12.2 Å². The van der Waals surface area contributed by atoms with Crippen LogP contribution in [0.5, 0.6) is 0 Å². The lowest BCUT2D eigenvalue weighted by Gasteiger charge is -2.16. The largest absolute Gasteiger partial charge is 0.478 e. The van der Waals surface area contributed by atoms with Gasteiger partial charge in [-0.1, -0.05) is 30.3 Å².